The fraction of sp³-hybridized carbons (Fsp3) is 0.833. The summed E-state index contributed by atoms with van der Waals surface area (Å²) >= 11 is 0. The van der Waals surface area contributed by atoms with Gasteiger partial charge in [-0.25, -0.2) is 17.6 Å². The van der Waals surface area contributed by atoms with Crippen LogP contribution in [0.3, 0.4) is 0 Å². The summed E-state index contributed by atoms with van der Waals surface area (Å²) in [5.74, 6) is -1.02. The van der Waals surface area contributed by atoms with Crippen molar-refractivity contribution in [1.29, 1.82) is 0 Å². The number of rotatable bonds is 5. The van der Waals surface area contributed by atoms with Crippen LogP contribution in [-0.2, 0) is 19.6 Å². The number of carbonyl (C=O) groups is 2. The average Bonchev–Trinajstić information content (AvgIpc) is 2.07. The Labute approximate surface area is 124 Å². The third kappa shape index (κ3) is 11.0. The molecule has 0 saturated heterocycles. The maximum atomic E-state index is 13.7. The molecule has 0 aromatic carbocycles. The number of sulfonamides is 1. The van der Waals surface area contributed by atoms with E-state index in [1.54, 1.807) is 25.5 Å². The van der Waals surface area contributed by atoms with Crippen LogP contribution in [0.4, 0.5) is 9.18 Å². The van der Waals surface area contributed by atoms with Crippen molar-refractivity contribution >= 4 is 22.0 Å². The second-order valence-electron chi connectivity index (χ2n) is 6.36. The van der Waals surface area contributed by atoms with Crippen LogP contribution >= 0.6 is 0 Å². The Balaban J connectivity index is 4.99. The van der Waals surface area contributed by atoms with E-state index in [4.69, 9.17) is 4.74 Å². The number of amides is 2. The molecule has 0 aromatic heterocycles. The van der Waals surface area contributed by atoms with Gasteiger partial charge in [-0.2, -0.15) is 0 Å². The van der Waals surface area contributed by atoms with Gasteiger partial charge in [0.1, 0.15) is 17.3 Å². The van der Waals surface area contributed by atoms with Crippen LogP contribution in [0.5, 0.6) is 0 Å². The minimum atomic E-state index is -3.81. The van der Waals surface area contributed by atoms with Crippen molar-refractivity contribution in [3.8, 4) is 0 Å². The highest BCUT2D eigenvalue weighted by Crippen LogP contribution is 2.17. The minimum absolute atomic E-state index is 0.395. The zero-order valence-electron chi connectivity index (χ0n) is 13.1. The van der Waals surface area contributed by atoms with Gasteiger partial charge in [0.25, 0.3) is 5.91 Å². The Bertz CT molecular complexity index is 491. The number of hydrogen-bond acceptors (Lipinski definition) is 5. The second-order valence-corrected chi connectivity index (χ2v) is 8.11. The van der Waals surface area contributed by atoms with Gasteiger partial charge in [0.15, 0.2) is 0 Å². The molecule has 1 atom stereocenters. The summed E-state index contributed by atoms with van der Waals surface area (Å²) in [5.41, 5.74) is -2.58. The van der Waals surface area contributed by atoms with E-state index < -0.39 is 45.8 Å². The molecule has 21 heavy (non-hydrogen) atoms. The molecule has 1 unspecified atom stereocenters. The summed E-state index contributed by atoms with van der Waals surface area (Å²) in [6.45, 7) is 7.29. The SMILES string of the molecule is CC(C)(F)CC(NC(=O)OC(C)(C)C)C(=O)NS(C)(=O)=O. The van der Waals surface area contributed by atoms with Crippen LogP contribution in [0.15, 0.2) is 0 Å². The van der Waals surface area contributed by atoms with Crippen LogP contribution in [0, 0.1) is 0 Å². The molecule has 0 aromatic rings. The van der Waals surface area contributed by atoms with Crippen LogP contribution in [0.25, 0.3) is 0 Å². The third-order valence-corrected chi connectivity index (χ3v) is 2.55. The molecule has 2 N–H and O–H groups in total. The van der Waals surface area contributed by atoms with Gasteiger partial charge in [-0.15, -0.1) is 0 Å². The zero-order chi connectivity index (χ0) is 17.1. The lowest BCUT2D eigenvalue weighted by Gasteiger charge is -2.25. The van der Waals surface area contributed by atoms with E-state index in [0.717, 1.165) is 6.26 Å². The second kappa shape index (κ2) is 6.59. The van der Waals surface area contributed by atoms with E-state index in [9.17, 15) is 22.4 Å². The van der Waals surface area contributed by atoms with Crippen molar-refractivity contribution in [2.45, 2.75) is 58.4 Å². The highest BCUT2D eigenvalue weighted by atomic mass is 32.2. The maximum Gasteiger partial charge on any atom is 0.408 e. The lowest BCUT2D eigenvalue weighted by molar-refractivity contribution is -0.122. The Morgan fingerprint density at radius 1 is 1.19 bits per heavy atom. The smallest absolute Gasteiger partial charge is 0.408 e. The molecule has 0 aliphatic carbocycles. The molecule has 0 spiro atoms. The van der Waals surface area contributed by atoms with E-state index in [0.29, 0.717) is 0 Å². The van der Waals surface area contributed by atoms with E-state index >= 15 is 0 Å². The summed E-state index contributed by atoms with van der Waals surface area (Å²) in [6, 6.07) is -1.37. The van der Waals surface area contributed by atoms with Crippen LogP contribution in [0.2, 0.25) is 0 Å². The quantitative estimate of drug-likeness (QED) is 0.787. The van der Waals surface area contributed by atoms with Crippen molar-refractivity contribution in [2.75, 3.05) is 6.26 Å². The van der Waals surface area contributed by atoms with Gasteiger partial charge in [0.2, 0.25) is 10.0 Å². The Kier molecular flexibility index (Phi) is 6.16. The highest BCUT2D eigenvalue weighted by molar-refractivity contribution is 7.89. The number of nitrogens with one attached hydrogen (secondary N) is 2. The maximum absolute atomic E-state index is 13.7. The topological polar surface area (TPSA) is 102 Å². The fourth-order valence-corrected chi connectivity index (χ4v) is 1.91. The summed E-state index contributed by atoms with van der Waals surface area (Å²) < 4.78 is 42.5. The fourth-order valence-electron chi connectivity index (χ4n) is 1.40. The molecule has 0 bridgehead atoms. The van der Waals surface area contributed by atoms with Gasteiger partial charge >= 0.3 is 6.09 Å². The van der Waals surface area contributed by atoms with Gasteiger partial charge in [-0.3, -0.25) is 9.52 Å². The monoisotopic (exact) mass is 326 g/mol. The van der Waals surface area contributed by atoms with Crippen molar-refractivity contribution in [3.05, 3.63) is 0 Å². The Morgan fingerprint density at radius 3 is 2.00 bits per heavy atom. The number of alkyl halides is 1. The van der Waals surface area contributed by atoms with E-state index in [-0.39, 0.29) is 0 Å². The number of alkyl carbamates (subject to hydrolysis) is 1. The molecule has 0 radical (unpaired) electrons. The van der Waals surface area contributed by atoms with Crippen molar-refractivity contribution in [2.24, 2.45) is 0 Å². The molecule has 0 rings (SSSR count). The molecule has 7 nitrogen and oxygen atoms in total. The van der Waals surface area contributed by atoms with E-state index in [1.165, 1.54) is 13.8 Å². The first-order valence-corrected chi connectivity index (χ1v) is 8.18. The van der Waals surface area contributed by atoms with Crippen molar-refractivity contribution < 1.29 is 27.1 Å². The van der Waals surface area contributed by atoms with Crippen LogP contribution in [0.1, 0.15) is 41.0 Å². The van der Waals surface area contributed by atoms with E-state index in [2.05, 4.69) is 5.32 Å². The molecule has 2 amide bonds. The molecule has 124 valence electrons. The molecular weight excluding hydrogens is 303 g/mol. The molecule has 0 saturated carbocycles. The van der Waals surface area contributed by atoms with Gasteiger partial charge in [0.05, 0.1) is 6.26 Å². The predicted molar refractivity (Wildman–Crippen MR) is 75.9 cm³/mol. The standard InChI is InChI=1S/C12H23FN2O5S/c1-11(2,3)20-10(17)14-8(7-12(4,5)13)9(16)15-21(6,18)19/h8H,7H2,1-6H3,(H,14,17)(H,15,16). The van der Waals surface area contributed by atoms with Gasteiger partial charge < -0.3 is 10.1 Å². The molecule has 9 heteroatoms. The van der Waals surface area contributed by atoms with Gasteiger partial charge in [-0.1, -0.05) is 0 Å². The van der Waals surface area contributed by atoms with Crippen molar-refractivity contribution in [1.82, 2.24) is 10.0 Å². The largest absolute Gasteiger partial charge is 0.444 e. The Hall–Kier alpha value is -1.38. The Morgan fingerprint density at radius 2 is 1.67 bits per heavy atom. The zero-order valence-corrected chi connectivity index (χ0v) is 13.9. The van der Waals surface area contributed by atoms with Gasteiger partial charge in [-0.05, 0) is 34.6 Å². The number of halogens is 1. The predicted octanol–water partition coefficient (Wildman–Crippen LogP) is 1.09. The molecule has 0 aliphatic heterocycles. The molecule has 0 heterocycles. The summed E-state index contributed by atoms with van der Waals surface area (Å²) in [7, 11) is -3.81. The van der Waals surface area contributed by atoms with Crippen LogP contribution in [-0.4, -0.2) is 44.0 Å². The summed E-state index contributed by atoms with van der Waals surface area (Å²) in [4.78, 5) is 23.5. The lowest BCUT2D eigenvalue weighted by Crippen LogP contribution is -2.51. The average molecular weight is 326 g/mol. The summed E-state index contributed by atoms with van der Waals surface area (Å²) in [5, 5.41) is 2.17. The summed E-state index contributed by atoms with van der Waals surface area (Å²) in [6.07, 6.45) is -0.538. The lowest BCUT2D eigenvalue weighted by atomic mass is 10.0. The van der Waals surface area contributed by atoms with Gasteiger partial charge in [0, 0.05) is 6.42 Å². The number of ether oxygens (including phenoxy) is 1. The first-order valence-electron chi connectivity index (χ1n) is 6.29. The van der Waals surface area contributed by atoms with Crippen LogP contribution < -0.4 is 10.0 Å². The molecule has 0 fully saturated rings. The molecule has 0 aliphatic rings. The normalized spacial score (nSPS) is 14.2. The molecular formula is C12H23FN2O5S. The first-order chi connectivity index (χ1) is 9.09. The number of hydrogen-bond donors (Lipinski definition) is 2. The third-order valence-electron chi connectivity index (χ3n) is 1.98. The van der Waals surface area contributed by atoms with Crippen molar-refractivity contribution in [3.63, 3.8) is 0 Å². The minimum Gasteiger partial charge on any atom is -0.444 e. The highest BCUT2D eigenvalue weighted by Gasteiger charge is 2.31. The van der Waals surface area contributed by atoms with E-state index in [1.807, 2.05) is 0 Å². The number of carbonyl (C=O) groups excluding carboxylic acids is 2. The first kappa shape index (κ1) is 19.6.